The van der Waals surface area contributed by atoms with Crippen molar-refractivity contribution in [2.45, 2.75) is 18.9 Å². The van der Waals surface area contributed by atoms with E-state index in [-0.39, 0.29) is 5.70 Å². The highest BCUT2D eigenvalue weighted by Gasteiger charge is 2.27. The largest absolute Gasteiger partial charge is 0.367 e. The number of fused-ring (bicyclic) bond motifs is 1. The first-order valence-electron chi connectivity index (χ1n) is 11.0. The SMILES string of the molecule is O=C1NC(=O)/C(=C/c2cnn3c(NC4CC4)cc(N4CCN(c5ccccn5)CC4)nc23)N1. The summed E-state index contributed by atoms with van der Waals surface area (Å²) in [6.07, 6.45) is 7.35. The van der Waals surface area contributed by atoms with Crippen molar-refractivity contribution in [1.29, 1.82) is 0 Å². The summed E-state index contributed by atoms with van der Waals surface area (Å²) in [6, 6.07) is 7.90. The summed E-state index contributed by atoms with van der Waals surface area (Å²) in [6.45, 7) is 3.31. The fourth-order valence-corrected chi connectivity index (χ4v) is 4.11. The van der Waals surface area contributed by atoms with Crippen molar-refractivity contribution in [2.75, 3.05) is 41.3 Å². The van der Waals surface area contributed by atoms with Gasteiger partial charge in [-0.1, -0.05) is 6.07 Å². The molecule has 1 saturated carbocycles. The molecule has 2 aliphatic heterocycles. The number of hydrogen-bond acceptors (Lipinski definition) is 8. The second-order valence-corrected chi connectivity index (χ2v) is 8.38. The standard InChI is InChI=1S/C22H23N9O2/c32-21-16(26-22(33)28-21)11-14-13-24-31-19(25-15-4-5-15)12-18(27-20(14)31)30-9-7-29(8-10-30)17-3-1-2-6-23-17/h1-3,6,11-13,15,25H,4-5,7-10H2,(H2,26,28,32,33)/b16-11-. The van der Waals surface area contributed by atoms with Gasteiger partial charge in [-0.05, 0) is 31.1 Å². The summed E-state index contributed by atoms with van der Waals surface area (Å²) in [5.74, 6) is 2.25. The predicted octanol–water partition coefficient (Wildman–Crippen LogP) is 1.21. The molecule has 0 radical (unpaired) electrons. The Kier molecular flexibility index (Phi) is 4.60. The fourth-order valence-electron chi connectivity index (χ4n) is 4.11. The van der Waals surface area contributed by atoms with E-state index < -0.39 is 11.9 Å². The van der Waals surface area contributed by atoms with Gasteiger partial charge in [-0.2, -0.15) is 9.61 Å². The van der Waals surface area contributed by atoms with Crippen LogP contribution in [0.2, 0.25) is 0 Å². The monoisotopic (exact) mass is 445 g/mol. The van der Waals surface area contributed by atoms with Crippen LogP contribution in [-0.4, -0.2) is 63.7 Å². The molecule has 0 bridgehead atoms. The van der Waals surface area contributed by atoms with Gasteiger partial charge in [-0.3, -0.25) is 10.1 Å². The molecule has 3 aromatic rings. The Labute approximate surface area is 189 Å². The molecule has 168 valence electrons. The van der Waals surface area contributed by atoms with Gasteiger partial charge in [-0.15, -0.1) is 0 Å². The van der Waals surface area contributed by atoms with Gasteiger partial charge in [0.25, 0.3) is 5.91 Å². The van der Waals surface area contributed by atoms with Gasteiger partial charge in [-0.25, -0.2) is 14.8 Å². The normalized spacial score (nSPS) is 19.8. The lowest BCUT2D eigenvalue weighted by Crippen LogP contribution is -2.47. The van der Waals surface area contributed by atoms with Gasteiger partial charge >= 0.3 is 6.03 Å². The summed E-state index contributed by atoms with van der Waals surface area (Å²) in [5.41, 5.74) is 1.47. The first-order valence-corrected chi connectivity index (χ1v) is 11.0. The van der Waals surface area contributed by atoms with Crippen LogP contribution in [0.5, 0.6) is 0 Å². The van der Waals surface area contributed by atoms with E-state index >= 15 is 0 Å². The van der Waals surface area contributed by atoms with E-state index in [1.807, 2.05) is 30.5 Å². The van der Waals surface area contributed by atoms with Crippen LogP contribution < -0.4 is 25.8 Å². The van der Waals surface area contributed by atoms with Gasteiger partial charge < -0.3 is 20.4 Å². The molecule has 3 amide bonds. The zero-order valence-corrected chi connectivity index (χ0v) is 17.9. The minimum absolute atomic E-state index is 0.183. The predicted molar refractivity (Wildman–Crippen MR) is 123 cm³/mol. The molecule has 3 N–H and O–H groups in total. The first-order chi connectivity index (χ1) is 16.1. The van der Waals surface area contributed by atoms with Crippen molar-refractivity contribution >= 4 is 41.1 Å². The topological polar surface area (TPSA) is 120 Å². The fraction of sp³-hybridized carbons (Fsp3) is 0.318. The minimum atomic E-state index is -0.529. The number of carbonyl (C=O) groups is 2. The van der Waals surface area contributed by atoms with Crippen LogP contribution in [0.1, 0.15) is 18.4 Å². The van der Waals surface area contributed by atoms with Crippen LogP contribution in [0, 0.1) is 0 Å². The highest BCUT2D eigenvalue weighted by atomic mass is 16.2. The lowest BCUT2D eigenvalue weighted by molar-refractivity contribution is -0.115. The van der Waals surface area contributed by atoms with Crippen LogP contribution in [0.15, 0.2) is 42.4 Å². The molecule has 33 heavy (non-hydrogen) atoms. The maximum absolute atomic E-state index is 12.0. The highest BCUT2D eigenvalue weighted by Crippen LogP contribution is 2.29. The number of aromatic nitrogens is 4. The van der Waals surface area contributed by atoms with Gasteiger partial charge in [0.1, 0.15) is 23.2 Å². The van der Waals surface area contributed by atoms with Crippen molar-refractivity contribution in [1.82, 2.24) is 30.2 Å². The molecule has 3 aromatic heterocycles. The Morgan fingerprint density at radius 3 is 2.48 bits per heavy atom. The second kappa shape index (κ2) is 7.76. The Morgan fingerprint density at radius 1 is 1.03 bits per heavy atom. The zero-order valence-electron chi connectivity index (χ0n) is 17.9. The molecule has 0 atom stereocenters. The minimum Gasteiger partial charge on any atom is -0.367 e. The number of hydrogen-bond donors (Lipinski definition) is 3. The molecule has 0 aromatic carbocycles. The lowest BCUT2D eigenvalue weighted by atomic mass is 10.2. The maximum atomic E-state index is 12.0. The van der Waals surface area contributed by atoms with E-state index in [0.717, 1.165) is 56.5 Å². The number of amides is 3. The van der Waals surface area contributed by atoms with E-state index in [2.05, 4.69) is 35.8 Å². The van der Waals surface area contributed by atoms with Crippen LogP contribution in [0.4, 0.5) is 22.2 Å². The lowest BCUT2D eigenvalue weighted by Gasteiger charge is -2.36. The van der Waals surface area contributed by atoms with Crippen molar-refractivity contribution in [3.05, 3.63) is 47.9 Å². The average molecular weight is 445 g/mol. The van der Waals surface area contributed by atoms with Gasteiger partial charge in [0.05, 0.1) is 6.20 Å². The van der Waals surface area contributed by atoms with Crippen molar-refractivity contribution in [3.63, 3.8) is 0 Å². The van der Waals surface area contributed by atoms with E-state index in [0.29, 0.717) is 17.3 Å². The molecule has 3 aliphatic rings. The van der Waals surface area contributed by atoms with Crippen LogP contribution in [0.3, 0.4) is 0 Å². The average Bonchev–Trinajstić information content (AvgIpc) is 3.47. The number of piperazine rings is 1. The molecule has 5 heterocycles. The zero-order chi connectivity index (χ0) is 22.4. The Balaban J connectivity index is 1.32. The highest BCUT2D eigenvalue weighted by molar-refractivity contribution is 6.14. The third-order valence-electron chi connectivity index (χ3n) is 6.01. The number of nitrogens with zero attached hydrogens (tertiary/aromatic N) is 6. The number of nitrogens with one attached hydrogen (secondary N) is 3. The van der Waals surface area contributed by atoms with Crippen molar-refractivity contribution in [3.8, 4) is 0 Å². The molecule has 1 aliphatic carbocycles. The smallest absolute Gasteiger partial charge is 0.326 e. The van der Waals surface area contributed by atoms with E-state index in [1.165, 1.54) is 0 Å². The third-order valence-corrected chi connectivity index (χ3v) is 6.01. The summed E-state index contributed by atoms with van der Waals surface area (Å²) < 4.78 is 1.76. The number of urea groups is 1. The van der Waals surface area contributed by atoms with Crippen LogP contribution >= 0.6 is 0 Å². The Hall–Kier alpha value is -4.15. The molecule has 11 heteroatoms. The van der Waals surface area contributed by atoms with Crippen molar-refractivity contribution in [2.24, 2.45) is 0 Å². The van der Waals surface area contributed by atoms with Gasteiger partial charge in [0.15, 0.2) is 5.65 Å². The molecule has 11 nitrogen and oxygen atoms in total. The second-order valence-electron chi connectivity index (χ2n) is 8.38. The summed E-state index contributed by atoms with van der Waals surface area (Å²) in [4.78, 5) is 37.4. The molecule has 0 unspecified atom stereocenters. The van der Waals surface area contributed by atoms with Crippen molar-refractivity contribution < 1.29 is 9.59 Å². The van der Waals surface area contributed by atoms with E-state index in [9.17, 15) is 9.59 Å². The molecule has 0 spiro atoms. The van der Waals surface area contributed by atoms with Gasteiger partial charge in [0.2, 0.25) is 0 Å². The molecule has 2 saturated heterocycles. The summed E-state index contributed by atoms with van der Waals surface area (Å²) in [5, 5.41) is 12.8. The number of pyridine rings is 1. The Bertz CT molecular complexity index is 1260. The number of rotatable bonds is 5. The molecular formula is C22H23N9O2. The number of anilines is 3. The first kappa shape index (κ1) is 19.5. The third kappa shape index (κ3) is 3.81. The van der Waals surface area contributed by atoms with E-state index in [1.54, 1.807) is 16.8 Å². The molecular weight excluding hydrogens is 422 g/mol. The quantitative estimate of drug-likeness (QED) is 0.396. The number of carbonyl (C=O) groups excluding carboxylic acids is 2. The maximum Gasteiger partial charge on any atom is 0.326 e. The number of imide groups is 1. The van der Waals surface area contributed by atoms with Crippen LogP contribution in [-0.2, 0) is 4.79 Å². The summed E-state index contributed by atoms with van der Waals surface area (Å²) >= 11 is 0. The van der Waals surface area contributed by atoms with Gasteiger partial charge in [0, 0.05) is 50.0 Å². The van der Waals surface area contributed by atoms with E-state index in [4.69, 9.17) is 4.98 Å². The molecule has 3 fully saturated rings. The van der Waals surface area contributed by atoms with Crippen LogP contribution in [0.25, 0.3) is 11.7 Å². The molecule has 6 rings (SSSR count). The Morgan fingerprint density at radius 2 is 1.82 bits per heavy atom. The summed E-state index contributed by atoms with van der Waals surface area (Å²) in [7, 11) is 0.